The Balaban J connectivity index is 2.64. The molecule has 1 fully saturated rings. The topological polar surface area (TPSA) is 119 Å². The van der Waals surface area contributed by atoms with E-state index in [9.17, 15) is 15.3 Å². The zero-order valence-corrected chi connectivity index (χ0v) is 8.03. The first-order chi connectivity index (χ1) is 6.57. The van der Waals surface area contributed by atoms with E-state index in [-0.39, 0.29) is 6.54 Å². The molecule has 0 saturated carbocycles. The summed E-state index contributed by atoms with van der Waals surface area (Å²) in [5.74, 6) is 0. The highest BCUT2D eigenvalue weighted by atomic mass is 32.1. The Morgan fingerprint density at radius 1 is 1.29 bits per heavy atom. The number of thiol groups is 1. The Labute approximate surface area is 85.3 Å². The molecule has 0 aliphatic carbocycles. The van der Waals surface area contributed by atoms with Gasteiger partial charge in [0.25, 0.3) is 0 Å². The van der Waals surface area contributed by atoms with Crippen LogP contribution in [0, 0.1) is 0 Å². The number of rotatable bonds is 2. The van der Waals surface area contributed by atoms with Crippen molar-refractivity contribution in [1.29, 1.82) is 0 Å². The van der Waals surface area contributed by atoms with E-state index in [1.54, 1.807) is 0 Å². The standard InChI is InChI=1S/C6H11N3O4S/c7-9-8-1-2-3(10)4(11)5(12)6(14)13-2/h2-6,10-12,14H,1H2/t2-,3-,4+,5+,6+/m1/s1. The molecule has 14 heavy (non-hydrogen) atoms. The Kier molecular flexibility index (Phi) is 3.99. The van der Waals surface area contributed by atoms with Crippen LogP contribution in [0.15, 0.2) is 5.11 Å². The lowest BCUT2D eigenvalue weighted by Crippen LogP contribution is -2.56. The normalized spacial score (nSPS) is 43.0. The molecule has 1 saturated heterocycles. The number of nitrogens with zero attached hydrogens (tertiary/aromatic N) is 3. The highest BCUT2D eigenvalue weighted by Crippen LogP contribution is 2.23. The maximum atomic E-state index is 9.40. The molecular weight excluding hydrogens is 210 g/mol. The zero-order chi connectivity index (χ0) is 10.7. The van der Waals surface area contributed by atoms with Gasteiger partial charge in [0.1, 0.15) is 23.7 Å². The van der Waals surface area contributed by atoms with Crippen LogP contribution >= 0.6 is 12.6 Å². The average Bonchev–Trinajstić information content (AvgIpc) is 2.18. The summed E-state index contributed by atoms with van der Waals surface area (Å²) in [6.07, 6.45) is -4.72. The van der Waals surface area contributed by atoms with Crippen molar-refractivity contribution in [3.8, 4) is 0 Å². The van der Waals surface area contributed by atoms with Gasteiger partial charge in [0.2, 0.25) is 0 Å². The summed E-state index contributed by atoms with van der Waals surface area (Å²) >= 11 is 3.86. The lowest BCUT2D eigenvalue weighted by atomic mass is 10.00. The maximum Gasteiger partial charge on any atom is 0.129 e. The zero-order valence-electron chi connectivity index (χ0n) is 7.13. The summed E-state index contributed by atoms with van der Waals surface area (Å²) in [5.41, 5.74) is 7.16. The molecule has 1 aliphatic heterocycles. The summed E-state index contributed by atoms with van der Waals surface area (Å²) in [5, 5.41) is 31.2. The van der Waals surface area contributed by atoms with Crippen molar-refractivity contribution in [3.05, 3.63) is 10.4 Å². The summed E-state index contributed by atoms with van der Waals surface area (Å²) in [6, 6.07) is 0. The third-order valence-electron chi connectivity index (χ3n) is 2.01. The summed E-state index contributed by atoms with van der Waals surface area (Å²) in [7, 11) is 0. The molecule has 1 heterocycles. The number of hydrogen-bond donors (Lipinski definition) is 4. The first-order valence-corrected chi connectivity index (χ1v) is 4.48. The minimum atomic E-state index is -1.34. The van der Waals surface area contributed by atoms with Crippen LogP contribution in [0.4, 0.5) is 0 Å². The van der Waals surface area contributed by atoms with Crippen LogP contribution in [0.2, 0.25) is 0 Å². The maximum absolute atomic E-state index is 9.40. The number of hydrogen-bond acceptors (Lipinski definition) is 6. The van der Waals surface area contributed by atoms with Gasteiger partial charge in [0, 0.05) is 4.91 Å². The first-order valence-electron chi connectivity index (χ1n) is 3.96. The van der Waals surface area contributed by atoms with Crippen molar-refractivity contribution >= 4 is 12.6 Å². The molecule has 0 bridgehead atoms. The molecule has 0 radical (unpaired) electrons. The second kappa shape index (κ2) is 4.83. The lowest BCUT2D eigenvalue weighted by Gasteiger charge is -2.38. The first kappa shape index (κ1) is 11.6. The molecule has 0 amide bonds. The molecule has 0 aromatic carbocycles. The Morgan fingerprint density at radius 3 is 2.50 bits per heavy atom. The smallest absolute Gasteiger partial charge is 0.129 e. The van der Waals surface area contributed by atoms with Gasteiger partial charge in [-0.3, -0.25) is 0 Å². The minimum absolute atomic E-state index is 0.113. The van der Waals surface area contributed by atoms with Crippen LogP contribution < -0.4 is 0 Å². The van der Waals surface area contributed by atoms with Gasteiger partial charge in [-0.1, -0.05) is 5.11 Å². The third kappa shape index (κ3) is 2.30. The number of aliphatic hydroxyl groups is 3. The average molecular weight is 221 g/mol. The van der Waals surface area contributed by atoms with Gasteiger partial charge in [-0.05, 0) is 5.53 Å². The fraction of sp³-hybridized carbons (Fsp3) is 1.00. The Morgan fingerprint density at radius 2 is 1.93 bits per heavy atom. The largest absolute Gasteiger partial charge is 0.388 e. The van der Waals surface area contributed by atoms with Gasteiger partial charge < -0.3 is 20.1 Å². The van der Waals surface area contributed by atoms with Crippen molar-refractivity contribution in [2.45, 2.75) is 29.9 Å². The summed E-state index contributed by atoms with van der Waals surface area (Å²) in [4.78, 5) is 2.50. The number of ether oxygens (including phenoxy) is 1. The molecule has 0 aromatic rings. The lowest BCUT2D eigenvalue weighted by molar-refractivity contribution is -0.194. The van der Waals surface area contributed by atoms with Gasteiger partial charge >= 0.3 is 0 Å². The van der Waals surface area contributed by atoms with Crippen LogP contribution in [-0.4, -0.2) is 51.7 Å². The Bertz CT molecular complexity index is 247. The number of aliphatic hydroxyl groups excluding tert-OH is 3. The van der Waals surface area contributed by atoms with Gasteiger partial charge in [-0.15, -0.1) is 12.6 Å². The second-order valence-electron chi connectivity index (χ2n) is 2.95. The van der Waals surface area contributed by atoms with Crippen LogP contribution in [0.5, 0.6) is 0 Å². The molecule has 0 spiro atoms. The third-order valence-corrected chi connectivity index (χ3v) is 2.44. The van der Waals surface area contributed by atoms with Crippen molar-refractivity contribution in [2.24, 2.45) is 5.11 Å². The molecule has 8 heteroatoms. The van der Waals surface area contributed by atoms with Crippen molar-refractivity contribution in [2.75, 3.05) is 6.54 Å². The van der Waals surface area contributed by atoms with E-state index in [0.717, 1.165) is 0 Å². The molecule has 1 rings (SSSR count). The van der Waals surface area contributed by atoms with Gasteiger partial charge in [-0.2, -0.15) is 0 Å². The molecule has 0 aromatic heterocycles. The molecule has 5 atom stereocenters. The van der Waals surface area contributed by atoms with Gasteiger partial charge in [0.05, 0.1) is 12.6 Å². The molecule has 80 valence electrons. The van der Waals surface area contributed by atoms with E-state index in [1.807, 2.05) is 0 Å². The van der Waals surface area contributed by atoms with E-state index in [4.69, 9.17) is 10.3 Å². The van der Waals surface area contributed by atoms with Crippen LogP contribution in [0.25, 0.3) is 10.4 Å². The van der Waals surface area contributed by atoms with Crippen molar-refractivity contribution < 1.29 is 20.1 Å². The fourth-order valence-corrected chi connectivity index (χ4v) is 1.53. The minimum Gasteiger partial charge on any atom is -0.388 e. The van der Waals surface area contributed by atoms with Gasteiger partial charge in [-0.25, -0.2) is 0 Å². The van der Waals surface area contributed by atoms with E-state index in [0.29, 0.717) is 0 Å². The van der Waals surface area contributed by atoms with Crippen LogP contribution in [0.3, 0.4) is 0 Å². The predicted octanol–water partition coefficient (Wildman–Crippen LogP) is -0.966. The van der Waals surface area contributed by atoms with E-state index < -0.39 is 29.9 Å². The van der Waals surface area contributed by atoms with E-state index in [2.05, 4.69) is 22.7 Å². The van der Waals surface area contributed by atoms with Crippen molar-refractivity contribution in [1.82, 2.24) is 0 Å². The highest BCUT2D eigenvalue weighted by molar-refractivity contribution is 7.80. The van der Waals surface area contributed by atoms with E-state index >= 15 is 0 Å². The molecule has 3 N–H and O–H groups in total. The second-order valence-corrected chi connectivity index (χ2v) is 3.46. The summed E-state index contributed by atoms with van der Waals surface area (Å²) < 4.78 is 5.02. The van der Waals surface area contributed by atoms with Gasteiger partial charge in [0.15, 0.2) is 0 Å². The number of azide groups is 1. The molecular formula is C6H11N3O4S. The molecule has 0 unspecified atom stereocenters. The molecule has 7 nitrogen and oxygen atoms in total. The van der Waals surface area contributed by atoms with Crippen molar-refractivity contribution in [3.63, 3.8) is 0 Å². The van der Waals surface area contributed by atoms with Crippen LogP contribution in [0.1, 0.15) is 0 Å². The Hall–Kier alpha value is -0.500. The molecule has 1 aliphatic rings. The van der Waals surface area contributed by atoms with Crippen LogP contribution in [-0.2, 0) is 4.74 Å². The fourth-order valence-electron chi connectivity index (χ4n) is 1.20. The SMILES string of the molecule is [N-]=[N+]=NC[C@H]1O[C@@H](S)[C@@H](O)[C@@H](O)[C@@H]1O. The quantitative estimate of drug-likeness (QED) is 0.208. The predicted molar refractivity (Wildman–Crippen MR) is 49.7 cm³/mol. The highest BCUT2D eigenvalue weighted by Gasteiger charge is 2.41. The van der Waals surface area contributed by atoms with E-state index in [1.165, 1.54) is 0 Å². The summed E-state index contributed by atoms with van der Waals surface area (Å²) in [6.45, 7) is -0.113. The monoisotopic (exact) mass is 221 g/mol.